The lowest BCUT2D eigenvalue weighted by Crippen LogP contribution is -2.48. The Kier molecular flexibility index (Phi) is 7.12. The van der Waals surface area contributed by atoms with Gasteiger partial charge in [0.2, 0.25) is 0 Å². The van der Waals surface area contributed by atoms with E-state index in [1.54, 1.807) is 13.8 Å². The Balaban J connectivity index is 1.18. The molecular formula is C32H37F4NO3. The number of carbonyl (C=O) groups is 1. The van der Waals surface area contributed by atoms with Gasteiger partial charge >= 0.3 is 12.1 Å². The summed E-state index contributed by atoms with van der Waals surface area (Å²) in [5.41, 5.74) is 1.44. The first-order chi connectivity index (χ1) is 19.0. The molecule has 3 aliphatic heterocycles. The maximum absolute atomic E-state index is 14.1. The number of halogens is 4. The Morgan fingerprint density at radius 1 is 1.00 bits per heavy atom. The number of hydrogen-bond acceptors (Lipinski definition) is 3. The van der Waals surface area contributed by atoms with Crippen molar-refractivity contribution < 1.29 is 32.2 Å². The van der Waals surface area contributed by atoms with Crippen LogP contribution in [0.15, 0.2) is 36.4 Å². The van der Waals surface area contributed by atoms with Gasteiger partial charge in [-0.1, -0.05) is 19.1 Å². The van der Waals surface area contributed by atoms with E-state index < -0.39 is 35.5 Å². The number of aryl methyl sites for hydroxylation is 1. The van der Waals surface area contributed by atoms with E-state index in [-0.39, 0.29) is 29.7 Å². The van der Waals surface area contributed by atoms with Gasteiger partial charge in [0.15, 0.2) is 0 Å². The van der Waals surface area contributed by atoms with Crippen LogP contribution in [0.25, 0.3) is 0 Å². The van der Waals surface area contributed by atoms with E-state index in [1.807, 2.05) is 0 Å². The quantitative estimate of drug-likeness (QED) is 0.353. The van der Waals surface area contributed by atoms with Crippen LogP contribution in [0, 0.1) is 23.6 Å². The Hall–Kier alpha value is -2.61. The number of rotatable bonds is 7. The third-order valence-electron chi connectivity index (χ3n) is 10.1. The fourth-order valence-electron chi connectivity index (χ4n) is 8.01. The van der Waals surface area contributed by atoms with Crippen molar-refractivity contribution in [1.29, 1.82) is 0 Å². The number of carboxylic acid groups (broad SMARTS) is 1. The molecule has 3 heterocycles. The van der Waals surface area contributed by atoms with E-state index in [4.69, 9.17) is 4.74 Å². The van der Waals surface area contributed by atoms with Crippen LogP contribution in [0.3, 0.4) is 0 Å². The standard InChI is InChI=1S/C32H37F4NO3/c1-17(31(38)39)30(20-4-5-20)21-6-3-19-7-12-28(40-29(19)15-21)22-13-24-9-10-25(14-22)37(24)18(2)26-16-23(33)8-11-27(26)32(34,35)36/h3,6,8,11,15-18,20,22,24-25,28,30H,4-5,7,9-10,12-14H2,1-2H3,(H,38,39)/t17-,18+,22?,24-,25+,28?,30-/m0/s1. The molecule has 8 heteroatoms. The van der Waals surface area contributed by atoms with Crippen molar-refractivity contribution in [2.45, 2.75) is 102 Å². The molecule has 2 aromatic rings. The molecule has 2 unspecified atom stereocenters. The number of piperidine rings is 1. The van der Waals surface area contributed by atoms with Crippen molar-refractivity contribution in [2.75, 3.05) is 0 Å². The average molecular weight is 560 g/mol. The molecular weight excluding hydrogens is 522 g/mol. The Morgan fingerprint density at radius 3 is 2.33 bits per heavy atom. The summed E-state index contributed by atoms with van der Waals surface area (Å²) in [6.07, 6.45) is 2.94. The van der Waals surface area contributed by atoms with E-state index in [0.717, 1.165) is 86.4 Å². The van der Waals surface area contributed by atoms with Gasteiger partial charge in [0.1, 0.15) is 17.7 Å². The summed E-state index contributed by atoms with van der Waals surface area (Å²) in [6, 6.07) is 8.78. The zero-order valence-electron chi connectivity index (χ0n) is 23.0. The molecule has 40 heavy (non-hydrogen) atoms. The topological polar surface area (TPSA) is 49.8 Å². The van der Waals surface area contributed by atoms with Gasteiger partial charge < -0.3 is 9.84 Å². The average Bonchev–Trinajstić information content (AvgIpc) is 3.71. The number of hydrogen-bond donors (Lipinski definition) is 1. The smallest absolute Gasteiger partial charge is 0.416 e. The minimum atomic E-state index is -4.53. The van der Waals surface area contributed by atoms with E-state index in [2.05, 4.69) is 23.1 Å². The van der Waals surface area contributed by atoms with Gasteiger partial charge in [0.05, 0.1) is 11.5 Å². The van der Waals surface area contributed by atoms with Crippen molar-refractivity contribution in [3.8, 4) is 5.75 Å². The van der Waals surface area contributed by atoms with Crippen LogP contribution >= 0.6 is 0 Å². The normalized spacial score (nSPS) is 28.9. The minimum Gasteiger partial charge on any atom is -0.490 e. The molecule has 2 aromatic carbocycles. The number of carboxylic acids is 1. The third kappa shape index (κ3) is 5.12. The molecule has 4 nitrogen and oxygen atoms in total. The fraction of sp³-hybridized carbons (Fsp3) is 0.594. The summed E-state index contributed by atoms with van der Waals surface area (Å²) in [7, 11) is 0. The van der Waals surface area contributed by atoms with Crippen LogP contribution in [0.4, 0.5) is 17.6 Å². The highest BCUT2D eigenvalue weighted by Crippen LogP contribution is 2.50. The highest BCUT2D eigenvalue weighted by Gasteiger charge is 2.47. The van der Waals surface area contributed by atoms with Crippen LogP contribution in [-0.2, 0) is 17.4 Å². The summed E-state index contributed by atoms with van der Waals surface area (Å²) in [6.45, 7) is 3.57. The summed E-state index contributed by atoms with van der Waals surface area (Å²) in [5.74, 6) is -0.335. The van der Waals surface area contributed by atoms with E-state index in [1.165, 1.54) is 0 Å². The Bertz CT molecular complexity index is 1260. The monoisotopic (exact) mass is 559 g/mol. The van der Waals surface area contributed by atoms with Gasteiger partial charge in [-0.25, -0.2) is 4.39 Å². The van der Waals surface area contributed by atoms with Gasteiger partial charge in [0.25, 0.3) is 0 Å². The van der Waals surface area contributed by atoms with Gasteiger partial charge in [-0.3, -0.25) is 9.69 Å². The zero-order chi connectivity index (χ0) is 28.3. The first kappa shape index (κ1) is 27.6. The molecule has 1 N–H and O–H groups in total. The summed E-state index contributed by atoms with van der Waals surface area (Å²) >= 11 is 0. The SMILES string of the molecule is C[C@H](C(=O)O)[C@H](c1ccc2c(c1)OC(C1C[C@H]3CC[C@@H](C1)N3[C@H](C)c1cc(F)ccc1C(F)(F)F)CC2)C1CC1. The molecule has 2 bridgehead atoms. The molecule has 1 aliphatic carbocycles. The highest BCUT2D eigenvalue weighted by molar-refractivity contribution is 5.71. The number of aliphatic carboxylic acids is 1. The van der Waals surface area contributed by atoms with Gasteiger partial charge in [0, 0.05) is 18.1 Å². The molecule has 0 spiro atoms. The van der Waals surface area contributed by atoms with Gasteiger partial charge in [-0.05, 0) is 117 Å². The van der Waals surface area contributed by atoms with Crippen LogP contribution in [0.1, 0.15) is 93.0 Å². The lowest BCUT2D eigenvalue weighted by molar-refractivity contribution is -0.142. The molecule has 0 radical (unpaired) electrons. The maximum atomic E-state index is 14.1. The summed E-state index contributed by atoms with van der Waals surface area (Å²) in [4.78, 5) is 14.0. The minimum absolute atomic E-state index is 0.0130. The van der Waals surface area contributed by atoms with Crippen molar-refractivity contribution in [1.82, 2.24) is 4.90 Å². The van der Waals surface area contributed by atoms with Gasteiger partial charge in [-0.15, -0.1) is 0 Å². The second kappa shape index (κ2) is 10.3. The number of nitrogens with zero attached hydrogens (tertiary/aromatic N) is 1. The predicted molar refractivity (Wildman–Crippen MR) is 143 cm³/mol. The predicted octanol–water partition coefficient (Wildman–Crippen LogP) is 7.76. The molecule has 1 saturated carbocycles. The van der Waals surface area contributed by atoms with Crippen LogP contribution in [0.5, 0.6) is 5.75 Å². The van der Waals surface area contributed by atoms with Crippen molar-refractivity contribution in [2.24, 2.45) is 17.8 Å². The molecule has 2 saturated heterocycles. The lowest BCUT2D eigenvalue weighted by Gasteiger charge is -2.45. The number of fused-ring (bicyclic) bond motifs is 3. The first-order valence-electron chi connectivity index (χ1n) is 14.7. The van der Waals surface area contributed by atoms with Crippen LogP contribution in [-0.4, -0.2) is 34.2 Å². The van der Waals surface area contributed by atoms with Crippen molar-refractivity contribution in [3.05, 3.63) is 64.5 Å². The largest absolute Gasteiger partial charge is 0.490 e. The third-order valence-corrected chi connectivity index (χ3v) is 10.1. The van der Waals surface area contributed by atoms with Crippen molar-refractivity contribution >= 4 is 5.97 Å². The summed E-state index contributed by atoms with van der Waals surface area (Å²) < 4.78 is 62.0. The molecule has 0 aromatic heterocycles. The van der Waals surface area contributed by atoms with Gasteiger partial charge in [-0.2, -0.15) is 13.2 Å². The molecule has 4 aliphatic rings. The number of alkyl halides is 3. The highest BCUT2D eigenvalue weighted by atomic mass is 19.4. The fourth-order valence-corrected chi connectivity index (χ4v) is 8.01. The molecule has 0 amide bonds. The van der Waals surface area contributed by atoms with E-state index in [9.17, 15) is 27.5 Å². The Labute approximate surface area is 232 Å². The number of benzene rings is 2. The second-order valence-corrected chi connectivity index (χ2v) is 12.5. The first-order valence-corrected chi connectivity index (χ1v) is 14.7. The molecule has 216 valence electrons. The lowest BCUT2D eigenvalue weighted by atomic mass is 9.80. The zero-order valence-corrected chi connectivity index (χ0v) is 23.0. The number of ether oxygens (including phenoxy) is 1. The van der Waals surface area contributed by atoms with E-state index in [0.29, 0.717) is 11.8 Å². The molecule has 6 rings (SSSR count). The second-order valence-electron chi connectivity index (χ2n) is 12.5. The molecule has 3 fully saturated rings. The molecule has 7 atom stereocenters. The Morgan fingerprint density at radius 2 is 1.70 bits per heavy atom. The van der Waals surface area contributed by atoms with E-state index >= 15 is 0 Å². The van der Waals surface area contributed by atoms with Crippen LogP contribution < -0.4 is 4.74 Å². The van der Waals surface area contributed by atoms with Crippen molar-refractivity contribution in [3.63, 3.8) is 0 Å². The van der Waals surface area contributed by atoms with Crippen LogP contribution in [0.2, 0.25) is 0 Å². The maximum Gasteiger partial charge on any atom is 0.416 e. The summed E-state index contributed by atoms with van der Waals surface area (Å²) in [5, 5.41) is 9.69.